The predicted molar refractivity (Wildman–Crippen MR) is 46.2 cm³/mol. The van der Waals surface area contributed by atoms with Crippen LogP contribution in [0, 0.1) is 5.92 Å². The molecule has 0 fully saturated rings. The zero-order valence-electron chi connectivity index (χ0n) is 6.90. The Labute approximate surface area is 70.8 Å². The predicted octanol–water partition coefficient (Wildman–Crippen LogP) is 0.0452. The van der Waals surface area contributed by atoms with E-state index >= 15 is 0 Å². The Morgan fingerprint density at radius 3 is 2.92 bits per heavy atom. The van der Waals surface area contributed by atoms with Crippen LogP contribution in [0.4, 0.5) is 0 Å². The van der Waals surface area contributed by atoms with Crippen LogP contribution >= 0.6 is 0 Å². The van der Waals surface area contributed by atoms with Crippen molar-refractivity contribution in [1.29, 1.82) is 0 Å². The van der Waals surface area contributed by atoms with E-state index in [0.717, 1.165) is 0 Å². The molecule has 0 aromatic rings. The Balaban J connectivity index is 2.78. The van der Waals surface area contributed by atoms with Gasteiger partial charge in [0, 0.05) is 6.21 Å². The highest BCUT2D eigenvalue weighted by atomic mass is 16.4. The molecule has 66 valence electrons. The van der Waals surface area contributed by atoms with Gasteiger partial charge in [-0.15, -0.1) is 0 Å². The number of carboxylic acids is 1. The first-order valence-corrected chi connectivity index (χ1v) is 3.75. The van der Waals surface area contributed by atoms with Crippen LogP contribution in [0.15, 0.2) is 17.1 Å². The third kappa shape index (κ3) is 1.53. The molecule has 4 nitrogen and oxygen atoms in total. The number of aliphatic carboxylic acids is 1. The molecule has 0 aromatic heterocycles. The topological polar surface area (TPSA) is 75.7 Å². The van der Waals surface area contributed by atoms with Gasteiger partial charge in [-0.3, -0.25) is 9.79 Å². The number of hydrogen-bond donors (Lipinski definition) is 2. The quantitative estimate of drug-likeness (QED) is 0.611. The van der Waals surface area contributed by atoms with Gasteiger partial charge in [0.15, 0.2) is 0 Å². The maximum atomic E-state index is 10.6. The average Bonchev–Trinajstić information content (AvgIpc) is 2.04. The van der Waals surface area contributed by atoms with Gasteiger partial charge in [0.1, 0.15) is 0 Å². The Morgan fingerprint density at radius 2 is 2.50 bits per heavy atom. The maximum Gasteiger partial charge on any atom is 0.308 e. The lowest BCUT2D eigenvalue weighted by molar-refractivity contribution is -0.142. The van der Waals surface area contributed by atoms with Gasteiger partial charge in [0.25, 0.3) is 0 Å². The number of dihydropyridines is 1. The molecule has 4 heteroatoms. The van der Waals surface area contributed by atoms with E-state index in [-0.39, 0.29) is 0 Å². The highest BCUT2D eigenvalue weighted by Gasteiger charge is 2.34. The third-order valence-electron chi connectivity index (χ3n) is 2.14. The Kier molecular flexibility index (Phi) is 2.28. The van der Waals surface area contributed by atoms with Crippen molar-refractivity contribution in [1.82, 2.24) is 0 Å². The minimum absolute atomic E-state index is 0.344. The standard InChI is InChI=1S/C8H12N2O2/c1-6(7(11)12)8(9)3-2-4-10-5-8/h2-4,6H,5,9H2,1H3,(H,11,12)/t6?,8-/m1/s1. The molecule has 1 heterocycles. The summed E-state index contributed by atoms with van der Waals surface area (Å²) < 4.78 is 0. The Morgan fingerprint density at radius 1 is 1.83 bits per heavy atom. The molecule has 0 saturated carbocycles. The summed E-state index contributed by atoms with van der Waals surface area (Å²) in [5.41, 5.74) is 5.00. The molecule has 0 radical (unpaired) electrons. The van der Waals surface area contributed by atoms with E-state index in [2.05, 4.69) is 4.99 Å². The Bertz CT molecular complexity index is 247. The molecule has 12 heavy (non-hydrogen) atoms. The van der Waals surface area contributed by atoms with E-state index in [1.807, 2.05) is 0 Å². The largest absolute Gasteiger partial charge is 0.481 e. The summed E-state index contributed by atoms with van der Waals surface area (Å²) in [6.45, 7) is 1.94. The molecule has 0 spiro atoms. The van der Waals surface area contributed by atoms with Crippen molar-refractivity contribution < 1.29 is 9.90 Å². The first-order valence-electron chi connectivity index (χ1n) is 3.75. The normalized spacial score (nSPS) is 30.2. The molecule has 1 aliphatic heterocycles. The van der Waals surface area contributed by atoms with Crippen molar-refractivity contribution in [2.24, 2.45) is 16.6 Å². The molecule has 0 aromatic carbocycles. The molecule has 2 atom stereocenters. The van der Waals surface area contributed by atoms with Gasteiger partial charge in [0.2, 0.25) is 0 Å². The van der Waals surface area contributed by atoms with Gasteiger partial charge in [-0.2, -0.15) is 0 Å². The van der Waals surface area contributed by atoms with E-state index in [4.69, 9.17) is 10.8 Å². The summed E-state index contributed by atoms with van der Waals surface area (Å²) >= 11 is 0. The zero-order valence-corrected chi connectivity index (χ0v) is 6.90. The molecule has 0 saturated heterocycles. The molecule has 1 unspecified atom stereocenters. The monoisotopic (exact) mass is 168 g/mol. The van der Waals surface area contributed by atoms with Gasteiger partial charge in [-0.05, 0) is 13.0 Å². The first-order chi connectivity index (χ1) is 5.56. The average molecular weight is 168 g/mol. The summed E-state index contributed by atoms with van der Waals surface area (Å²) in [6.07, 6.45) is 5.00. The van der Waals surface area contributed by atoms with Crippen molar-refractivity contribution in [2.45, 2.75) is 12.5 Å². The first kappa shape index (κ1) is 8.93. The summed E-state index contributed by atoms with van der Waals surface area (Å²) in [7, 11) is 0. The van der Waals surface area contributed by atoms with E-state index in [1.54, 1.807) is 25.3 Å². The summed E-state index contributed by atoms with van der Waals surface area (Å²) in [4.78, 5) is 14.6. The number of carbonyl (C=O) groups is 1. The minimum atomic E-state index is -0.890. The second-order valence-corrected chi connectivity index (χ2v) is 3.02. The second kappa shape index (κ2) is 3.06. The molecular weight excluding hydrogens is 156 g/mol. The highest BCUT2D eigenvalue weighted by Crippen LogP contribution is 2.18. The molecular formula is C8H12N2O2. The van der Waals surface area contributed by atoms with Crippen molar-refractivity contribution >= 4 is 12.2 Å². The van der Waals surface area contributed by atoms with Gasteiger partial charge in [0.05, 0.1) is 18.0 Å². The Hall–Kier alpha value is -1.16. The summed E-state index contributed by atoms with van der Waals surface area (Å²) in [5.74, 6) is -1.49. The second-order valence-electron chi connectivity index (χ2n) is 3.02. The molecule has 0 bridgehead atoms. The fourth-order valence-electron chi connectivity index (χ4n) is 1.06. The van der Waals surface area contributed by atoms with Crippen molar-refractivity contribution in [3.8, 4) is 0 Å². The van der Waals surface area contributed by atoms with Gasteiger partial charge in [-0.1, -0.05) is 6.08 Å². The highest BCUT2D eigenvalue weighted by molar-refractivity contribution is 5.76. The SMILES string of the molecule is CC(C(=O)O)[C@@]1(N)C=CC=NC1. The number of nitrogens with zero attached hydrogens (tertiary/aromatic N) is 1. The van der Waals surface area contributed by atoms with Crippen LogP contribution in [0.2, 0.25) is 0 Å². The molecule has 3 N–H and O–H groups in total. The lowest BCUT2D eigenvalue weighted by Crippen LogP contribution is -2.51. The molecule has 0 aliphatic carbocycles. The van der Waals surface area contributed by atoms with Crippen molar-refractivity contribution in [2.75, 3.05) is 6.54 Å². The molecule has 0 amide bonds. The number of carboxylic acid groups (broad SMARTS) is 1. The summed E-state index contributed by atoms with van der Waals surface area (Å²) in [5, 5.41) is 8.73. The van der Waals surface area contributed by atoms with Crippen LogP contribution in [-0.4, -0.2) is 29.4 Å². The van der Waals surface area contributed by atoms with Gasteiger partial charge >= 0.3 is 5.97 Å². The van der Waals surface area contributed by atoms with Crippen LogP contribution in [0.25, 0.3) is 0 Å². The smallest absolute Gasteiger partial charge is 0.308 e. The maximum absolute atomic E-state index is 10.6. The fourth-order valence-corrected chi connectivity index (χ4v) is 1.06. The van der Waals surface area contributed by atoms with E-state index in [1.165, 1.54) is 0 Å². The molecule has 1 rings (SSSR count). The van der Waals surface area contributed by atoms with Crippen LogP contribution in [0.1, 0.15) is 6.92 Å². The van der Waals surface area contributed by atoms with Gasteiger partial charge < -0.3 is 10.8 Å². The summed E-state index contributed by atoms with van der Waals surface area (Å²) in [6, 6.07) is 0. The van der Waals surface area contributed by atoms with Crippen molar-refractivity contribution in [3.63, 3.8) is 0 Å². The van der Waals surface area contributed by atoms with E-state index < -0.39 is 17.4 Å². The number of nitrogens with two attached hydrogens (primary N) is 1. The number of allylic oxidation sites excluding steroid dienone is 1. The zero-order chi connectivity index (χ0) is 9.19. The number of rotatable bonds is 2. The van der Waals surface area contributed by atoms with E-state index in [0.29, 0.717) is 6.54 Å². The van der Waals surface area contributed by atoms with Crippen LogP contribution in [0.3, 0.4) is 0 Å². The van der Waals surface area contributed by atoms with Crippen LogP contribution in [0.5, 0.6) is 0 Å². The van der Waals surface area contributed by atoms with Crippen LogP contribution in [-0.2, 0) is 4.79 Å². The molecule has 1 aliphatic rings. The van der Waals surface area contributed by atoms with Gasteiger partial charge in [-0.25, -0.2) is 0 Å². The fraction of sp³-hybridized carbons (Fsp3) is 0.500. The van der Waals surface area contributed by atoms with E-state index in [9.17, 15) is 4.79 Å². The lowest BCUT2D eigenvalue weighted by Gasteiger charge is -2.29. The van der Waals surface area contributed by atoms with Crippen LogP contribution < -0.4 is 5.73 Å². The number of aliphatic imine (C=N–C) groups is 1. The number of hydrogen-bond acceptors (Lipinski definition) is 3. The van der Waals surface area contributed by atoms with Crippen molar-refractivity contribution in [3.05, 3.63) is 12.2 Å². The minimum Gasteiger partial charge on any atom is -0.481 e. The lowest BCUT2D eigenvalue weighted by atomic mass is 9.85. The third-order valence-corrected chi connectivity index (χ3v) is 2.14.